The summed E-state index contributed by atoms with van der Waals surface area (Å²) in [5.41, 5.74) is -1.20. The Morgan fingerprint density at radius 3 is 2.64 bits per heavy atom. The molecule has 10 heteroatoms. The normalized spacial score (nSPS) is 17.2. The lowest BCUT2D eigenvalue weighted by molar-refractivity contribution is -0.168. The number of hydrogen-bond donors (Lipinski definition) is 1. The zero-order valence-corrected chi connectivity index (χ0v) is 17.2. The van der Waals surface area contributed by atoms with Gasteiger partial charge in [0.1, 0.15) is 5.41 Å². The third-order valence-electron chi connectivity index (χ3n) is 6.14. The molecule has 0 saturated heterocycles. The highest BCUT2D eigenvalue weighted by Crippen LogP contribution is 2.57. The van der Waals surface area contributed by atoms with E-state index in [0.717, 1.165) is 6.07 Å². The zero-order chi connectivity index (χ0) is 23.4. The van der Waals surface area contributed by atoms with E-state index in [0.29, 0.717) is 42.6 Å². The van der Waals surface area contributed by atoms with Crippen molar-refractivity contribution in [1.29, 1.82) is 0 Å². The number of benzene rings is 1. The minimum Gasteiger partial charge on any atom is -0.324 e. The maximum Gasteiger partial charge on any atom is 0.405 e. The van der Waals surface area contributed by atoms with Crippen molar-refractivity contribution in [2.45, 2.75) is 38.3 Å². The number of rotatable bonds is 1. The lowest BCUT2D eigenvalue weighted by Crippen LogP contribution is -2.24. The Labute approximate surface area is 184 Å². The van der Waals surface area contributed by atoms with Gasteiger partial charge in [0.2, 0.25) is 0 Å². The fraction of sp³-hybridized carbons (Fsp3) is 0.348. The maximum atomic E-state index is 14.8. The third kappa shape index (κ3) is 3.61. The van der Waals surface area contributed by atoms with Crippen LogP contribution in [0.5, 0.6) is 0 Å². The first kappa shape index (κ1) is 21.4. The molecule has 1 aliphatic carbocycles. The molecular weight excluding hydrogens is 443 g/mol. The monoisotopic (exact) mass is 460 g/mol. The van der Waals surface area contributed by atoms with Crippen molar-refractivity contribution in [3.8, 4) is 11.8 Å². The Hall–Kier alpha value is -3.48. The minimum absolute atomic E-state index is 0.0361. The van der Waals surface area contributed by atoms with Crippen LogP contribution in [-0.2, 0) is 6.42 Å². The average molecular weight is 460 g/mol. The van der Waals surface area contributed by atoms with Gasteiger partial charge in [-0.2, -0.15) is 18.2 Å². The number of fused-ring (bicyclic) bond motifs is 2. The number of H-pyrrole nitrogens is 1. The van der Waals surface area contributed by atoms with Gasteiger partial charge >= 0.3 is 11.9 Å². The van der Waals surface area contributed by atoms with E-state index in [2.05, 4.69) is 26.8 Å². The summed E-state index contributed by atoms with van der Waals surface area (Å²) in [6.45, 7) is 0.333. The van der Waals surface area contributed by atoms with Crippen molar-refractivity contribution in [3.63, 3.8) is 0 Å². The predicted octanol–water partition coefficient (Wildman–Crippen LogP) is 4.76. The molecule has 1 saturated carbocycles. The van der Waals surface area contributed by atoms with Gasteiger partial charge in [0.05, 0.1) is 22.8 Å². The number of hydrogen-bond acceptors (Lipinski definition) is 4. The molecule has 1 fully saturated rings. The highest BCUT2D eigenvalue weighted by Gasteiger charge is 2.62. The summed E-state index contributed by atoms with van der Waals surface area (Å²) in [5, 5.41) is -0.187. The predicted molar refractivity (Wildman–Crippen MR) is 111 cm³/mol. The molecule has 0 atom stereocenters. The van der Waals surface area contributed by atoms with Gasteiger partial charge in [0.25, 0.3) is 0 Å². The first-order valence-electron chi connectivity index (χ1n) is 10.4. The van der Waals surface area contributed by atoms with Crippen LogP contribution in [0.15, 0.2) is 29.3 Å². The van der Waals surface area contributed by atoms with Crippen LogP contribution in [0.2, 0.25) is 0 Å². The van der Waals surface area contributed by atoms with Crippen molar-refractivity contribution in [1.82, 2.24) is 15.0 Å². The van der Waals surface area contributed by atoms with Crippen LogP contribution in [-0.4, -0.2) is 27.7 Å². The summed E-state index contributed by atoms with van der Waals surface area (Å²) >= 11 is 0. The number of halogens is 5. The highest BCUT2D eigenvalue weighted by molar-refractivity contribution is 5.92. The van der Waals surface area contributed by atoms with Crippen molar-refractivity contribution < 1.29 is 22.0 Å². The molecule has 0 spiro atoms. The van der Waals surface area contributed by atoms with Crippen molar-refractivity contribution >= 4 is 22.4 Å². The van der Waals surface area contributed by atoms with E-state index in [1.807, 2.05) is 0 Å². The van der Waals surface area contributed by atoms with E-state index >= 15 is 0 Å². The Balaban J connectivity index is 1.67. The summed E-state index contributed by atoms with van der Waals surface area (Å²) in [5.74, 6) is 2.75. The molecule has 0 bridgehead atoms. The molecule has 1 aromatic carbocycles. The molecule has 3 aromatic rings. The highest BCUT2D eigenvalue weighted by atomic mass is 19.4. The first-order valence-corrected chi connectivity index (χ1v) is 10.4. The fourth-order valence-corrected chi connectivity index (χ4v) is 4.15. The molecule has 33 heavy (non-hydrogen) atoms. The Morgan fingerprint density at radius 1 is 1.12 bits per heavy atom. The van der Waals surface area contributed by atoms with Crippen molar-refractivity contribution in [3.05, 3.63) is 57.8 Å². The Morgan fingerprint density at radius 2 is 1.91 bits per heavy atom. The van der Waals surface area contributed by atoms with E-state index < -0.39 is 28.9 Å². The second-order valence-corrected chi connectivity index (χ2v) is 8.27. The number of nitrogens with zero attached hydrogens (tertiary/aromatic N) is 3. The summed E-state index contributed by atoms with van der Waals surface area (Å²) in [7, 11) is 0. The molecule has 3 heterocycles. The van der Waals surface area contributed by atoms with Gasteiger partial charge < -0.3 is 9.88 Å². The van der Waals surface area contributed by atoms with Crippen LogP contribution in [0.3, 0.4) is 0 Å². The van der Waals surface area contributed by atoms with Crippen LogP contribution in [0, 0.1) is 28.9 Å². The number of aromatic nitrogens is 3. The molecule has 1 N–H and O–H groups in total. The van der Waals surface area contributed by atoms with Gasteiger partial charge in [-0.3, -0.25) is 4.98 Å². The number of anilines is 2. The van der Waals surface area contributed by atoms with Gasteiger partial charge in [0, 0.05) is 18.3 Å². The van der Waals surface area contributed by atoms with Crippen molar-refractivity contribution in [2.75, 3.05) is 11.4 Å². The second kappa shape index (κ2) is 7.54. The Kier molecular flexibility index (Phi) is 4.88. The topological polar surface area (TPSA) is 61.9 Å². The molecule has 0 amide bonds. The zero-order valence-electron chi connectivity index (χ0n) is 17.2. The van der Waals surface area contributed by atoms with Gasteiger partial charge in [0.15, 0.2) is 17.5 Å². The molecular formula is C23H17F5N4O. The number of aromatic amines is 1. The van der Waals surface area contributed by atoms with E-state index in [9.17, 15) is 26.7 Å². The third-order valence-corrected chi connectivity index (χ3v) is 6.14. The van der Waals surface area contributed by atoms with Crippen LogP contribution in [0.25, 0.3) is 10.9 Å². The molecule has 5 rings (SSSR count). The van der Waals surface area contributed by atoms with Gasteiger partial charge in [-0.15, -0.1) is 0 Å². The molecule has 0 unspecified atom stereocenters. The van der Waals surface area contributed by atoms with Gasteiger partial charge in [-0.05, 0) is 49.8 Å². The molecule has 170 valence electrons. The minimum atomic E-state index is -4.40. The Bertz CT molecular complexity index is 1380. The van der Waals surface area contributed by atoms with E-state index in [4.69, 9.17) is 0 Å². The maximum absolute atomic E-state index is 14.8. The standard InChI is InChI=1S/C23H17F5N4O/c24-15-4-5-16-18(19(15)25)20(31-21(33)30-16)32-10-2-1-3-14-13(11-29-12-17(14)32)6-7-22(8-9-22)23(26,27)28/h4-5,11-12H,1-3,8-10H2,(H,30,31,33). The van der Waals surface area contributed by atoms with Crippen LogP contribution >= 0.6 is 0 Å². The molecule has 5 nitrogen and oxygen atoms in total. The molecule has 0 radical (unpaired) electrons. The van der Waals surface area contributed by atoms with Crippen LogP contribution in [0.1, 0.15) is 36.8 Å². The number of nitrogens with one attached hydrogen (secondary N) is 1. The summed E-state index contributed by atoms with van der Waals surface area (Å²) in [6.07, 6.45) is 0.235. The van der Waals surface area contributed by atoms with Crippen LogP contribution in [0.4, 0.5) is 33.5 Å². The molecule has 1 aliphatic heterocycles. The fourth-order valence-electron chi connectivity index (χ4n) is 4.15. The molecule has 2 aliphatic rings. The van der Waals surface area contributed by atoms with E-state index in [1.165, 1.54) is 18.5 Å². The second-order valence-electron chi connectivity index (χ2n) is 8.27. The lowest BCUT2D eigenvalue weighted by Gasteiger charge is -2.25. The quantitative estimate of drug-likeness (QED) is 0.420. The average Bonchev–Trinajstić information content (AvgIpc) is 3.58. The lowest BCUT2D eigenvalue weighted by atomic mass is 10.0. The number of alkyl halides is 3. The first-order chi connectivity index (χ1) is 15.7. The van der Waals surface area contributed by atoms with Crippen molar-refractivity contribution in [2.24, 2.45) is 5.41 Å². The van der Waals surface area contributed by atoms with E-state index in [-0.39, 0.29) is 29.6 Å². The smallest absolute Gasteiger partial charge is 0.324 e. The molecule has 2 aromatic heterocycles. The summed E-state index contributed by atoms with van der Waals surface area (Å²) in [4.78, 5) is 24.2. The van der Waals surface area contributed by atoms with E-state index in [1.54, 1.807) is 4.90 Å². The van der Waals surface area contributed by atoms with Gasteiger partial charge in [-0.25, -0.2) is 13.6 Å². The summed E-state index contributed by atoms with van der Waals surface area (Å²) in [6, 6.07) is 2.17. The van der Waals surface area contributed by atoms with Gasteiger partial charge in [-0.1, -0.05) is 11.8 Å². The number of pyridine rings is 1. The SMILES string of the molecule is O=c1nc(N2CCCCc3c(C#CC4(C(F)(F)F)CC4)cncc32)c2c(F)c(F)ccc2[nH]1. The summed E-state index contributed by atoms with van der Waals surface area (Å²) < 4.78 is 68.7. The largest absolute Gasteiger partial charge is 0.405 e. The van der Waals surface area contributed by atoms with Crippen LogP contribution < -0.4 is 10.6 Å².